The lowest BCUT2D eigenvalue weighted by Crippen LogP contribution is -2.48. The van der Waals surface area contributed by atoms with Gasteiger partial charge in [-0.2, -0.15) is 0 Å². The summed E-state index contributed by atoms with van der Waals surface area (Å²) in [6.07, 6.45) is 4.20. The number of fused-ring (bicyclic) bond motifs is 1. The van der Waals surface area contributed by atoms with Gasteiger partial charge in [-0.1, -0.05) is 38.0 Å². The molecular weight excluding hydrogens is 348 g/mol. The van der Waals surface area contributed by atoms with E-state index in [1.807, 2.05) is 12.1 Å². The third-order valence-electron chi connectivity index (χ3n) is 5.04. The van der Waals surface area contributed by atoms with Crippen molar-refractivity contribution in [2.45, 2.75) is 45.6 Å². The highest BCUT2D eigenvalue weighted by molar-refractivity contribution is 5.98. The standard InChI is InChI=1S/C20H24N2O5/c1-12-7-3-5-9-15(12)21-20(25)22-17(23)11-26-19(24)18-13(2)14-8-4-6-10-16(14)27-18/h4,6,8,10,12,15H,3,5,7,9,11H2,1-2H3,(H2,21,22,23,25). The number of hydrogen-bond donors (Lipinski definition) is 2. The minimum Gasteiger partial charge on any atom is -0.450 e. The second-order valence-electron chi connectivity index (χ2n) is 7.02. The summed E-state index contributed by atoms with van der Waals surface area (Å²) >= 11 is 0. The molecule has 3 amide bonds. The molecule has 0 aliphatic heterocycles. The predicted octanol–water partition coefficient (Wildman–Crippen LogP) is 3.30. The fraction of sp³-hybridized carbons (Fsp3) is 0.450. The van der Waals surface area contributed by atoms with E-state index in [2.05, 4.69) is 17.6 Å². The van der Waals surface area contributed by atoms with Crippen LogP contribution >= 0.6 is 0 Å². The second kappa shape index (κ2) is 8.24. The van der Waals surface area contributed by atoms with E-state index in [1.54, 1.807) is 19.1 Å². The first-order valence-corrected chi connectivity index (χ1v) is 9.21. The van der Waals surface area contributed by atoms with Crippen molar-refractivity contribution in [2.75, 3.05) is 6.61 Å². The number of rotatable bonds is 4. The maximum Gasteiger partial charge on any atom is 0.375 e. The van der Waals surface area contributed by atoms with Gasteiger partial charge in [0.15, 0.2) is 6.61 Å². The molecule has 0 spiro atoms. The SMILES string of the molecule is Cc1c(C(=O)OCC(=O)NC(=O)NC2CCCCC2C)oc2ccccc12. The fourth-order valence-corrected chi connectivity index (χ4v) is 3.46. The molecule has 0 bridgehead atoms. The number of hydrogen-bond acceptors (Lipinski definition) is 5. The maximum absolute atomic E-state index is 12.2. The molecule has 144 valence electrons. The maximum atomic E-state index is 12.2. The lowest BCUT2D eigenvalue weighted by molar-refractivity contribution is -0.123. The zero-order chi connectivity index (χ0) is 19.4. The predicted molar refractivity (Wildman–Crippen MR) is 99.3 cm³/mol. The van der Waals surface area contributed by atoms with Crippen LogP contribution in [0.4, 0.5) is 4.79 Å². The monoisotopic (exact) mass is 372 g/mol. The zero-order valence-corrected chi connectivity index (χ0v) is 15.5. The molecule has 1 aliphatic rings. The molecule has 0 radical (unpaired) electrons. The van der Waals surface area contributed by atoms with Crippen LogP contribution in [0.3, 0.4) is 0 Å². The average molecular weight is 372 g/mol. The van der Waals surface area contributed by atoms with Crippen LogP contribution in [0.15, 0.2) is 28.7 Å². The van der Waals surface area contributed by atoms with Crippen LogP contribution in [0.25, 0.3) is 11.0 Å². The number of urea groups is 1. The molecule has 1 aromatic heterocycles. The van der Waals surface area contributed by atoms with Gasteiger partial charge in [-0.3, -0.25) is 10.1 Å². The Bertz CT molecular complexity index is 857. The number of esters is 1. The van der Waals surface area contributed by atoms with Gasteiger partial charge in [-0.15, -0.1) is 0 Å². The summed E-state index contributed by atoms with van der Waals surface area (Å²) in [5.74, 6) is -0.976. The Balaban J connectivity index is 1.50. The Morgan fingerprint density at radius 2 is 1.93 bits per heavy atom. The molecule has 1 aliphatic carbocycles. The molecule has 2 N–H and O–H groups in total. The largest absolute Gasteiger partial charge is 0.450 e. The van der Waals surface area contributed by atoms with Gasteiger partial charge in [0, 0.05) is 17.0 Å². The van der Waals surface area contributed by atoms with E-state index in [9.17, 15) is 14.4 Å². The Kier molecular flexibility index (Phi) is 5.78. The first kappa shape index (κ1) is 18.9. The molecule has 2 unspecified atom stereocenters. The van der Waals surface area contributed by atoms with E-state index < -0.39 is 24.5 Å². The number of benzene rings is 1. The van der Waals surface area contributed by atoms with Crippen molar-refractivity contribution in [3.05, 3.63) is 35.6 Å². The van der Waals surface area contributed by atoms with Crippen molar-refractivity contribution < 1.29 is 23.5 Å². The molecule has 1 saturated carbocycles. The van der Waals surface area contributed by atoms with Crippen LogP contribution in [-0.4, -0.2) is 30.6 Å². The number of carbonyl (C=O) groups is 3. The number of nitrogens with one attached hydrogen (secondary N) is 2. The number of imide groups is 1. The van der Waals surface area contributed by atoms with Gasteiger partial charge in [0.2, 0.25) is 5.76 Å². The van der Waals surface area contributed by atoms with Crippen LogP contribution < -0.4 is 10.6 Å². The number of para-hydroxylation sites is 1. The lowest BCUT2D eigenvalue weighted by atomic mass is 9.86. The summed E-state index contributed by atoms with van der Waals surface area (Å²) in [5.41, 5.74) is 1.23. The molecule has 27 heavy (non-hydrogen) atoms. The molecule has 1 fully saturated rings. The Morgan fingerprint density at radius 1 is 1.19 bits per heavy atom. The highest BCUT2D eigenvalue weighted by atomic mass is 16.5. The summed E-state index contributed by atoms with van der Waals surface area (Å²) in [4.78, 5) is 36.0. The van der Waals surface area contributed by atoms with Crippen LogP contribution in [0.1, 0.15) is 48.7 Å². The van der Waals surface area contributed by atoms with Crippen molar-refractivity contribution in [3.63, 3.8) is 0 Å². The summed E-state index contributed by atoms with van der Waals surface area (Å²) in [6.45, 7) is 3.29. The molecule has 0 saturated heterocycles. The fourth-order valence-electron chi connectivity index (χ4n) is 3.46. The minimum atomic E-state index is -0.736. The van der Waals surface area contributed by atoms with E-state index in [0.29, 0.717) is 17.1 Å². The summed E-state index contributed by atoms with van der Waals surface area (Å²) in [7, 11) is 0. The van der Waals surface area contributed by atoms with Gasteiger partial charge < -0.3 is 14.5 Å². The van der Waals surface area contributed by atoms with Crippen molar-refractivity contribution in [1.82, 2.24) is 10.6 Å². The topological polar surface area (TPSA) is 97.6 Å². The summed E-state index contributed by atoms with van der Waals surface area (Å²) in [5, 5.41) is 5.83. The molecule has 7 nitrogen and oxygen atoms in total. The normalized spacial score (nSPS) is 19.5. The first-order valence-electron chi connectivity index (χ1n) is 9.21. The minimum absolute atomic E-state index is 0.0597. The number of furan rings is 1. The third kappa shape index (κ3) is 4.48. The Hall–Kier alpha value is -2.83. The number of carbonyl (C=O) groups excluding carboxylic acids is 3. The lowest BCUT2D eigenvalue weighted by Gasteiger charge is -2.29. The number of aryl methyl sites for hydroxylation is 1. The van der Waals surface area contributed by atoms with E-state index >= 15 is 0 Å². The molecule has 1 aromatic carbocycles. The van der Waals surface area contributed by atoms with Gasteiger partial charge in [0.1, 0.15) is 5.58 Å². The second-order valence-corrected chi connectivity index (χ2v) is 7.02. The van der Waals surface area contributed by atoms with Crippen molar-refractivity contribution in [3.8, 4) is 0 Å². The highest BCUT2D eigenvalue weighted by Crippen LogP contribution is 2.25. The van der Waals surface area contributed by atoms with Crippen LogP contribution in [0.2, 0.25) is 0 Å². The highest BCUT2D eigenvalue weighted by Gasteiger charge is 2.24. The molecule has 2 aromatic rings. The van der Waals surface area contributed by atoms with Crippen molar-refractivity contribution >= 4 is 28.9 Å². The van der Waals surface area contributed by atoms with Gasteiger partial charge in [-0.05, 0) is 31.7 Å². The van der Waals surface area contributed by atoms with Crippen molar-refractivity contribution in [1.29, 1.82) is 0 Å². The Morgan fingerprint density at radius 3 is 2.67 bits per heavy atom. The average Bonchev–Trinajstić information content (AvgIpc) is 2.99. The molecule has 1 heterocycles. The Labute approximate surface area is 157 Å². The molecular formula is C20H24N2O5. The first-order chi connectivity index (χ1) is 13.0. The van der Waals surface area contributed by atoms with E-state index in [-0.39, 0.29) is 11.8 Å². The summed E-state index contributed by atoms with van der Waals surface area (Å²) in [6, 6.07) is 6.75. The molecule has 3 rings (SSSR count). The van der Waals surface area contributed by atoms with E-state index in [4.69, 9.17) is 9.15 Å². The molecule has 2 atom stereocenters. The van der Waals surface area contributed by atoms with Gasteiger partial charge in [0.05, 0.1) is 0 Å². The number of ether oxygens (including phenoxy) is 1. The number of amides is 3. The van der Waals surface area contributed by atoms with Gasteiger partial charge >= 0.3 is 12.0 Å². The quantitative estimate of drug-likeness (QED) is 0.803. The zero-order valence-electron chi connectivity index (χ0n) is 15.5. The van der Waals surface area contributed by atoms with E-state index in [0.717, 1.165) is 31.1 Å². The molecule has 7 heteroatoms. The van der Waals surface area contributed by atoms with Gasteiger partial charge in [0.25, 0.3) is 5.91 Å². The van der Waals surface area contributed by atoms with Gasteiger partial charge in [-0.25, -0.2) is 9.59 Å². The summed E-state index contributed by atoms with van der Waals surface area (Å²) < 4.78 is 10.5. The van der Waals surface area contributed by atoms with Crippen LogP contribution in [0.5, 0.6) is 0 Å². The van der Waals surface area contributed by atoms with E-state index in [1.165, 1.54) is 0 Å². The third-order valence-corrected chi connectivity index (χ3v) is 5.04. The van der Waals surface area contributed by atoms with Crippen LogP contribution in [-0.2, 0) is 9.53 Å². The smallest absolute Gasteiger partial charge is 0.375 e. The van der Waals surface area contributed by atoms with Crippen LogP contribution in [0, 0.1) is 12.8 Å². The van der Waals surface area contributed by atoms with Crippen molar-refractivity contribution in [2.24, 2.45) is 5.92 Å².